The molecule has 0 spiro atoms. The molecule has 10 heteroatoms. The number of aliphatic carboxylic acids is 1. The van der Waals surface area contributed by atoms with Crippen LogP contribution in [0.4, 0.5) is 0 Å². The van der Waals surface area contributed by atoms with E-state index in [0.29, 0.717) is 22.5 Å². The number of pyridine rings is 1. The molecular formula is C36H39ClN4O4S. The van der Waals surface area contributed by atoms with Crippen LogP contribution in [0.15, 0.2) is 48.8 Å². The predicted octanol–water partition coefficient (Wildman–Crippen LogP) is 8.00. The number of fused-ring (bicyclic) bond motifs is 2. The molecule has 0 bridgehead atoms. The largest absolute Gasteiger partial charge is 0.479 e. The lowest BCUT2D eigenvalue weighted by atomic mass is 9.88. The number of likely N-dealkylation sites (tertiary alicyclic amines) is 1. The summed E-state index contributed by atoms with van der Waals surface area (Å²) < 4.78 is 14.7. The van der Waals surface area contributed by atoms with Gasteiger partial charge >= 0.3 is 5.97 Å². The topological polar surface area (TPSA) is 89.7 Å². The quantitative estimate of drug-likeness (QED) is 0.190. The average Bonchev–Trinajstić information content (AvgIpc) is 3.55. The first-order chi connectivity index (χ1) is 22.0. The molecule has 5 aromatic rings. The highest BCUT2D eigenvalue weighted by Crippen LogP contribution is 2.45. The number of carboxylic acid groups (broad SMARTS) is 1. The molecule has 2 aromatic carbocycles. The van der Waals surface area contributed by atoms with Crippen molar-refractivity contribution >= 4 is 50.2 Å². The second-order valence-electron chi connectivity index (χ2n) is 13.6. The van der Waals surface area contributed by atoms with Crippen LogP contribution in [0, 0.1) is 6.92 Å². The second-order valence-corrected chi connectivity index (χ2v) is 15.0. The van der Waals surface area contributed by atoms with Crippen molar-refractivity contribution in [1.29, 1.82) is 0 Å². The number of piperidine rings is 1. The molecule has 7 rings (SSSR count). The Balaban J connectivity index is 1.33. The number of hydrogen-bond acceptors (Lipinski definition) is 7. The first-order valence-electron chi connectivity index (χ1n) is 15.8. The van der Waals surface area contributed by atoms with Gasteiger partial charge in [0.25, 0.3) is 0 Å². The fourth-order valence-corrected chi connectivity index (χ4v) is 8.14. The van der Waals surface area contributed by atoms with Gasteiger partial charge in [-0.3, -0.25) is 4.90 Å². The van der Waals surface area contributed by atoms with Crippen LogP contribution >= 0.6 is 22.9 Å². The maximum atomic E-state index is 12.7. The van der Waals surface area contributed by atoms with Crippen LogP contribution in [0.3, 0.4) is 0 Å². The zero-order valence-electron chi connectivity index (χ0n) is 26.8. The van der Waals surface area contributed by atoms with E-state index in [1.165, 1.54) is 10.9 Å². The maximum absolute atomic E-state index is 12.7. The number of carboxylic acids is 1. The minimum atomic E-state index is -1.16. The number of aromatic nitrogens is 3. The van der Waals surface area contributed by atoms with Gasteiger partial charge in [0.1, 0.15) is 10.7 Å². The number of thiazole rings is 1. The van der Waals surface area contributed by atoms with Gasteiger partial charge in [0.05, 0.1) is 35.1 Å². The Morgan fingerprint density at radius 2 is 1.85 bits per heavy atom. The van der Waals surface area contributed by atoms with Gasteiger partial charge in [-0.2, -0.15) is 0 Å². The van der Waals surface area contributed by atoms with Crippen molar-refractivity contribution in [3.63, 3.8) is 0 Å². The summed E-state index contributed by atoms with van der Waals surface area (Å²) >= 11 is 7.83. The smallest absolute Gasteiger partial charge is 0.337 e. The number of ether oxygens (including phenoxy) is 2. The third-order valence-electron chi connectivity index (χ3n) is 9.22. The lowest BCUT2D eigenvalue weighted by molar-refractivity contribution is -0.160. The summed E-state index contributed by atoms with van der Waals surface area (Å²) in [4.78, 5) is 25.3. The molecule has 3 aromatic heterocycles. The first-order valence-corrected chi connectivity index (χ1v) is 17.0. The highest BCUT2D eigenvalue weighted by Gasteiger charge is 2.33. The molecule has 1 N–H and O–H groups in total. The summed E-state index contributed by atoms with van der Waals surface area (Å²) in [5.74, 6) is -0.554. The van der Waals surface area contributed by atoms with Crippen LogP contribution in [0.2, 0.25) is 5.02 Å². The summed E-state index contributed by atoms with van der Waals surface area (Å²) in [5, 5.41) is 13.0. The minimum Gasteiger partial charge on any atom is -0.479 e. The third-order valence-corrected chi connectivity index (χ3v) is 10.6. The standard InChI is InChI=1S/C36H39ClN4O4S/c1-20-14-28-32(30(22-6-8-24(37)9-7-22)29(20)31(35(42)43)45-36(2,3)4)46-34(39-28)23-15-26-27(17-40(5)33(26)38-16-23)21-10-12-41(13-11-21)25-18-44-19-25/h6-9,14-17,21,25,31H,10-13,18-19H2,1-5H3,(H,42,43)/t31-/m0/s1. The van der Waals surface area contributed by atoms with E-state index in [-0.39, 0.29) is 0 Å². The van der Waals surface area contributed by atoms with Crippen LogP contribution in [-0.2, 0) is 21.3 Å². The molecule has 0 amide bonds. The number of nitrogens with zero attached hydrogens (tertiary/aromatic N) is 4. The highest BCUT2D eigenvalue weighted by molar-refractivity contribution is 7.22. The van der Waals surface area contributed by atoms with E-state index >= 15 is 0 Å². The van der Waals surface area contributed by atoms with Crippen LogP contribution in [-0.4, -0.2) is 68.5 Å². The number of aryl methyl sites for hydroxylation is 2. The van der Waals surface area contributed by atoms with E-state index < -0.39 is 17.7 Å². The van der Waals surface area contributed by atoms with Crippen LogP contribution in [0.5, 0.6) is 0 Å². The fraction of sp³-hybridized carbons (Fsp3) is 0.417. The Kier molecular flexibility index (Phi) is 8.18. The molecular weight excluding hydrogens is 620 g/mol. The van der Waals surface area contributed by atoms with Crippen molar-refractivity contribution < 1.29 is 19.4 Å². The van der Waals surface area contributed by atoms with Gasteiger partial charge in [-0.1, -0.05) is 23.7 Å². The summed E-state index contributed by atoms with van der Waals surface area (Å²) in [6.07, 6.45) is 5.24. The zero-order chi connectivity index (χ0) is 32.3. The Hall–Kier alpha value is -3.34. The van der Waals surface area contributed by atoms with Crippen molar-refractivity contribution in [3.8, 4) is 21.7 Å². The van der Waals surface area contributed by atoms with Gasteiger partial charge in [-0.05, 0) is 100 Å². The molecule has 2 saturated heterocycles. The van der Waals surface area contributed by atoms with Gasteiger partial charge in [0, 0.05) is 46.5 Å². The van der Waals surface area contributed by atoms with Crippen molar-refractivity contribution in [2.75, 3.05) is 26.3 Å². The van der Waals surface area contributed by atoms with E-state index in [0.717, 1.165) is 82.3 Å². The zero-order valence-corrected chi connectivity index (χ0v) is 28.4. The molecule has 0 radical (unpaired) electrons. The summed E-state index contributed by atoms with van der Waals surface area (Å²) in [5.41, 5.74) is 6.53. The molecule has 2 fully saturated rings. The lowest BCUT2D eigenvalue weighted by Crippen LogP contribution is -2.51. The Labute approximate surface area is 277 Å². The van der Waals surface area contributed by atoms with E-state index in [1.807, 2.05) is 64.2 Å². The van der Waals surface area contributed by atoms with Gasteiger partial charge < -0.3 is 19.1 Å². The molecule has 5 heterocycles. The molecule has 0 unspecified atom stereocenters. The van der Waals surface area contributed by atoms with Gasteiger partial charge in [0.15, 0.2) is 6.10 Å². The predicted molar refractivity (Wildman–Crippen MR) is 184 cm³/mol. The van der Waals surface area contributed by atoms with Gasteiger partial charge in [-0.25, -0.2) is 14.8 Å². The molecule has 1 atom stereocenters. The van der Waals surface area contributed by atoms with E-state index in [1.54, 1.807) is 11.3 Å². The molecule has 0 aliphatic carbocycles. The number of rotatable bonds is 7. The highest BCUT2D eigenvalue weighted by atomic mass is 35.5. The summed E-state index contributed by atoms with van der Waals surface area (Å²) in [7, 11) is 2.07. The minimum absolute atomic E-state index is 0.478. The lowest BCUT2D eigenvalue weighted by Gasteiger charge is -2.41. The van der Waals surface area contributed by atoms with E-state index in [4.69, 9.17) is 31.0 Å². The van der Waals surface area contributed by atoms with Crippen LogP contribution in [0.1, 0.15) is 62.3 Å². The number of benzene rings is 2. The molecule has 46 heavy (non-hydrogen) atoms. The SMILES string of the molecule is Cc1cc2nc(-c3cnc4c(c3)c(C3CCN(C5COC5)CC3)cn4C)sc2c(-c2ccc(Cl)cc2)c1[C@H](OC(C)(C)C)C(=O)O. The molecule has 2 aliphatic heterocycles. The number of hydrogen-bond donors (Lipinski definition) is 1. The molecule has 240 valence electrons. The van der Waals surface area contributed by atoms with Crippen molar-refractivity contribution in [3.05, 3.63) is 70.5 Å². The Bertz CT molecular complexity index is 1930. The van der Waals surface area contributed by atoms with Crippen molar-refractivity contribution in [2.45, 2.75) is 64.2 Å². The van der Waals surface area contributed by atoms with Crippen molar-refractivity contribution in [1.82, 2.24) is 19.4 Å². The van der Waals surface area contributed by atoms with E-state index in [2.05, 4.69) is 28.8 Å². The van der Waals surface area contributed by atoms with Crippen molar-refractivity contribution in [2.24, 2.45) is 7.05 Å². The fourth-order valence-electron chi connectivity index (χ4n) is 6.90. The Morgan fingerprint density at radius 1 is 1.13 bits per heavy atom. The normalized spacial score (nSPS) is 17.5. The number of carbonyl (C=O) groups is 1. The average molecular weight is 659 g/mol. The van der Waals surface area contributed by atoms with Crippen LogP contribution < -0.4 is 0 Å². The monoisotopic (exact) mass is 658 g/mol. The summed E-state index contributed by atoms with van der Waals surface area (Å²) in [6, 6.07) is 12.3. The van der Waals surface area contributed by atoms with E-state index in [9.17, 15) is 9.90 Å². The first kappa shape index (κ1) is 31.3. The number of halogens is 1. The molecule has 0 saturated carbocycles. The Morgan fingerprint density at radius 3 is 2.48 bits per heavy atom. The summed E-state index contributed by atoms with van der Waals surface area (Å²) in [6.45, 7) is 11.4. The third kappa shape index (κ3) is 5.84. The molecule has 8 nitrogen and oxygen atoms in total. The maximum Gasteiger partial charge on any atom is 0.337 e. The molecule has 2 aliphatic rings. The van der Waals surface area contributed by atoms with Crippen LogP contribution in [0.25, 0.3) is 42.9 Å². The second kappa shape index (κ2) is 12.0. The van der Waals surface area contributed by atoms with Gasteiger partial charge in [0.2, 0.25) is 0 Å². The van der Waals surface area contributed by atoms with Gasteiger partial charge in [-0.15, -0.1) is 11.3 Å².